The smallest absolute Gasteiger partial charge is 0.141 e. The van der Waals surface area contributed by atoms with E-state index in [4.69, 9.17) is 21.6 Å². The summed E-state index contributed by atoms with van der Waals surface area (Å²) in [5.74, 6) is 0.939. The van der Waals surface area contributed by atoms with E-state index in [9.17, 15) is 0 Å². The predicted octanol–water partition coefficient (Wildman–Crippen LogP) is 2.31. The average molecular weight is 182 g/mol. The lowest BCUT2D eigenvalue weighted by Gasteiger charge is -2.06. The quantitative estimate of drug-likeness (QED) is 0.656. The van der Waals surface area contributed by atoms with Crippen molar-refractivity contribution in [2.45, 2.75) is 5.88 Å². The monoisotopic (exact) mass is 181 g/mol. The topological polar surface area (TPSA) is 33.0 Å². The van der Waals surface area contributed by atoms with Crippen molar-refractivity contribution in [3.05, 3.63) is 29.3 Å². The van der Waals surface area contributed by atoms with E-state index in [1.807, 2.05) is 12.1 Å². The number of nitriles is 1. The summed E-state index contributed by atoms with van der Waals surface area (Å²) in [5.41, 5.74) is 1.37. The maximum atomic E-state index is 8.70. The highest BCUT2D eigenvalue weighted by Crippen LogP contribution is 2.24. The van der Waals surface area contributed by atoms with Crippen LogP contribution in [0.5, 0.6) is 5.75 Å². The molecule has 0 amide bonds. The Bertz CT molecular complexity index is 317. The van der Waals surface area contributed by atoms with Crippen LogP contribution < -0.4 is 4.74 Å². The van der Waals surface area contributed by atoms with Gasteiger partial charge in [-0.05, 0) is 6.07 Å². The van der Waals surface area contributed by atoms with Crippen LogP contribution in [0.25, 0.3) is 0 Å². The Balaban J connectivity index is 3.24. The van der Waals surface area contributed by atoms with Crippen molar-refractivity contribution in [3.63, 3.8) is 0 Å². The fraction of sp³-hybridized carbons (Fsp3) is 0.222. The van der Waals surface area contributed by atoms with Crippen molar-refractivity contribution in [3.8, 4) is 11.8 Å². The minimum atomic E-state index is 0.360. The molecule has 0 aliphatic heterocycles. The van der Waals surface area contributed by atoms with Gasteiger partial charge in [-0.2, -0.15) is 5.26 Å². The molecule has 0 saturated carbocycles. The van der Waals surface area contributed by atoms with Crippen molar-refractivity contribution < 1.29 is 4.74 Å². The number of hydrogen-bond acceptors (Lipinski definition) is 2. The van der Waals surface area contributed by atoms with Crippen LogP contribution in [0.3, 0.4) is 0 Å². The van der Waals surface area contributed by atoms with Gasteiger partial charge in [-0.1, -0.05) is 12.1 Å². The van der Waals surface area contributed by atoms with E-state index >= 15 is 0 Å². The Hall–Kier alpha value is -1.20. The second kappa shape index (κ2) is 3.99. The van der Waals surface area contributed by atoms with Gasteiger partial charge in [0.05, 0.1) is 18.6 Å². The van der Waals surface area contributed by atoms with Gasteiger partial charge in [0.1, 0.15) is 11.8 Å². The molecule has 2 nitrogen and oxygen atoms in total. The molecule has 0 unspecified atom stereocenters. The minimum absolute atomic E-state index is 0.360. The average Bonchev–Trinajstić information content (AvgIpc) is 2.16. The third-order valence-corrected chi connectivity index (χ3v) is 1.85. The first kappa shape index (κ1) is 8.89. The molecular formula is C9H8ClNO. The summed E-state index contributed by atoms with van der Waals surface area (Å²) in [5, 5.41) is 8.70. The van der Waals surface area contributed by atoms with E-state index in [0.29, 0.717) is 17.2 Å². The van der Waals surface area contributed by atoms with Crippen molar-refractivity contribution in [1.82, 2.24) is 0 Å². The van der Waals surface area contributed by atoms with Crippen LogP contribution in [0.4, 0.5) is 0 Å². The molecule has 1 aromatic carbocycles. The first-order valence-electron chi connectivity index (χ1n) is 3.45. The van der Waals surface area contributed by atoms with E-state index in [0.717, 1.165) is 5.56 Å². The maximum Gasteiger partial charge on any atom is 0.141 e. The van der Waals surface area contributed by atoms with Gasteiger partial charge in [0.2, 0.25) is 0 Å². The summed E-state index contributed by atoms with van der Waals surface area (Å²) in [7, 11) is 1.53. The van der Waals surface area contributed by atoms with Gasteiger partial charge in [-0.15, -0.1) is 11.6 Å². The summed E-state index contributed by atoms with van der Waals surface area (Å²) in [6.45, 7) is 0. The lowest BCUT2D eigenvalue weighted by atomic mass is 10.1. The number of benzene rings is 1. The van der Waals surface area contributed by atoms with Gasteiger partial charge in [0.15, 0.2) is 0 Å². The van der Waals surface area contributed by atoms with Crippen LogP contribution in [-0.4, -0.2) is 7.11 Å². The summed E-state index contributed by atoms with van der Waals surface area (Å²) < 4.78 is 5.05. The Kier molecular flexibility index (Phi) is 2.95. The van der Waals surface area contributed by atoms with Crippen molar-refractivity contribution in [2.24, 2.45) is 0 Å². The summed E-state index contributed by atoms with van der Waals surface area (Å²) in [4.78, 5) is 0. The van der Waals surface area contributed by atoms with Crippen molar-refractivity contribution in [2.75, 3.05) is 7.11 Å². The molecule has 1 rings (SSSR count). The molecule has 0 bridgehead atoms. The van der Waals surface area contributed by atoms with Crippen LogP contribution in [0.1, 0.15) is 11.1 Å². The van der Waals surface area contributed by atoms with E-state index in [2.05, 4.69) is 0 Å². The van der Waals surface area contributed by atoms with Gasteiger partial charge in [0.25, 0.3) is 0 Å². The number of para-hydroxylation sites is 1. The van der Waals surface area contributed by atoms with Crippen molar-refractivity contribution >= 4 is 11.6 Å². The van der Waals surface area contributed by atoms with Crippen molar-refractivity contribution in [1.29, 1.82) is 5.26 Å². The molecule has 0 N–H and O–H groups in total. The van der Waals surface area contributed by atoms with Gasteiger partial charge in [-0.3, -0.25) is 0 Å². The van der Waals surface area contributed by atoms with Crippen LogP contribution in [0, 0.1) is 11.3 Å². The van der Waals surface area contributed by atoms with E-state index < -0.39 is 0 Å². The zero-order valence-electron chi connectivity index (χ0n) is 6.67. The molecule has 62 valence electrons. The zero-order chi connectivity index (χ0) is 8.97. The number of halogens is 1. The highest BCUT2D eigenvalue weighted by molar-refractivity contribution is 6.17. The summed E-state index contributed by atoms with van der Waals surface area (Å²) in [6.07, 6.45) is 0. The molecule has 0 fully saturated rings. The van der Waals surface area contributed by atoms with Crippen LogP contribution in [-0.2, 0) is 5.88 Å². The lowest BCUT2D eigenvalue weighted by Crippen LogP contribution is -1.92. The molecule has 0 saturated heterocycles. The number of alkyl halides is 1. The van der Waals surface area contributed by atoms with Gasteiger partial charge in [0, 0.05) is 5.56 Å². The number of hydrogen-bond donors (Lipinski definition) is 0. The van der Waals surface area contributed by atoms with Gasteiger partial charge >= 0.3 is 0 Å². The molecule has 0 aliphatic rings. The van der Waals surface area contributed by atoms with E-state index in [1.165, 1.54) is 7.11 Å². The summed E-state index contributed by atoms with van der Waals surface area (Å²) >= 11 is 5.65. The molecule has 0 aromatic heterocycles. The first-order valence-corrected chi connectivity index (χ1v) is 3.99. The first-order chi connectivity index (χ1) is 5.83. The van der Waals surface area contributed by atoms with Gasteiger partial charge in [-0.25, -0.2) is 0 Å². The second-order valence-corrected chi connectivity index (χ2v) is 2.51. The molecular weight excluding hydrogens is 174 g/mol. The second-order valence-electron chi connectivity index (χ2n) is 2.24. The van der Waals surface area contributed by atoms with Gasteiger partial charge < -0.3 is 4.74 Å². The largest absolute Gasteiger partial charge is 0.495 e. The Morgan fingerprint density at radius 1 is 1.58 bits per heavy atom. The van der Waals surface area contributed by atoms with Crippen LogP contribution >= 0.6 is 11.6 Å². The highest BCUT2D eigenvalue weighted by Gasteiger charge is 2.06. The SMILES string of the molecule is COc1c(C#N)cccc1CCl. The van der Waals surface area contributed by atoms with E-state index in [1.54, 1.807) is 12.1 Å². The number of methoxy groups -OCH3 is 1. The standard InChI is InChI=1S/C9H8ClNO/c1-12-9-7(5-10)3-2-4-8(9)6-11/h2-4H,5H2,1H3. The molecule has 0 aliphatic carbocycles. The molecule has 1 aromatic rings. The zero-order valence-corrected chi connectivity index (χ0v) is 7.43. The number of ether oxygens (including phenoxy) is 1. The third-order valence-electron chi connectivity index (χ3n) is 1.57. The number of rotatable bonds is 2. The third kappa shape index (κ3) is 1.51. The van der Waals surface area contributed by atoms with Crippen LogP contribution in [0.15, 0.2) is 18.2 Å². The maximum absolute atomic E-state index is 8.70. The normalized spacial score (nSPS) is 9.08. The minimum Gasteiger partial charge on any atom is -0.495 e. The molecule has 0 radical (unpaired) electrons. The number of nitrogens with zero attached hydrogens (tertiary/aromatic N) is 1. The molecule has 3 heteroatoms. The Morgan fingerprint density at radius 2 is 2.33 bits per heavy atom. The van der Waals surface area contributed by atoms with E-state index in [-0.39, 0.29) is 0 Å². The Labute approximate surface area is 76.3 Å². The molecule has 12 heavy (non-hydrogen) atoms. The predicted molar refractivity (Wildman–Crippen MR) is 47.3 cm³/mol. The van der Waals surface area contributed by atoms with Crippen LogP contribution in [0.2, 0.25) is 0 Å². The molecule has 0 heterocycles. The fourth-order valence-corrected chi connectivity index (χ4v) is 1.23. The lowest BCUT2D eigenvalue weighted by molar-refractivity contribution is 0.410. The highest BCUT2D eigenvalue weighted by atomic mass is 35.5. The molecule has 0 atom stereocenters. The summed E-state index contributed by atoms with van der Waals surface area (Å²) in [6, 6.07) is 7.37. The molecule has 0 spiro atoms. The fourth-order valence-electron chi connectivity index (χ4n) is 1.02. The Morgan fingerprint density at radius 3 is 2.83 bits per heavy atom.